The van der Waals surface area contributed by atoms with Crippen LogP contribution in [0.25, 0.3) is 0 Å². The Morgan fingerprint density at radius 3 is 2.38 bits per heavy atom. The molecule has 2 nitrogen and oxygen atoms in total. The largest absolute Gasteiger partial charge is 0.303 e. The van der Waals surface area contributed by atoms with Crippen LogP contribution in [-0.4, -0.2) is 11.0 Å². The van der Waals surface area contributed by atoms with Gasteiger partial charge in [0.25, 0.3) is 0 Å². The normalized spacial score (nSPS) is 12.3. The van der Waals surface area contributed by atoms with Crippen molar-refractivity contribution in [2.75, 3.05) is 0 Å². The molecule has 0 aliphatic carbocycles. The molecule has 3 heteroatoms. The van der Waals surface area contributed by atoms with Crippen molar-refractivity contribution in [2.45, 2.75) is 65.0 Å². The molecule has 0 bridgehead atoms. The Balaban J connectivity index is 2.61. The van der Waals surface area contributed by atoms with Crippen molar-refractivity contribution in [2.24, 2.45) is 0 Å². The lowest BCUT2D eigenvalue weighted by Crippen LogP contribution is -2.43. The molecule has 16 heavy (non-hydrogen) atoms. The van der Waals surface area contributed by atoms with Crippen LogP contribution in [0, 0.1) is 0 Å². The maximum absolute atomic E-state index is 4.42. The molecular formula is C13H24N2S. The second-order valence-corrected chi connectivity index (χ2v) is 5.78. The van der Waals surface area contributed by atoms with Crippen LogP contribution in [0.2, 0.25) is 0 Å². The van der Waals surface area contributed by atoms with Gasteiger partial charge in [0.15, 0.2) is 0 Å². The monoisotopic (exact) mass is 240 g/mol. The number of rotatable bonds is 7. The zero-order valence-electron chi connectivity index (χ0n) is 10.9. The predicted molar refractivity (Wildman–Crippen MR) is 71.9 cm³/mol. The SMILES string of the molecule is CCCC(CCC)NC(C)(C)c1nccs1. The van der Waals surface area contributed by atoms with E-state index in [4.69, 9.17) is 0 Å². The molecule has 0 atom stereocenters. The average Bonchev–Trinajstić information content (AvgIpc) is 2.71. The number of thiazole rings is 1. The van der Waals surface area contributed by atoms with Crippen molar-refractivity contribution >= 4 is 11.3 Å². The van der Waals surface area contributed by atoms with Crippen LogP contribution < -0.4 is 5.32 Å². The maximum atomic E-state index is 4.42. The van der Waals surface area contributed by atoms with Gasteiger partial charge in [0.2, 0.25) is 0 Å². The Labute approximate surface area is 103 Å². The van der Waals surface area contributed by atoms with Gasteiger partial charge in [-0.05, 0) is 26.7 Å². The van der Waals surface area contributed by atoms with E-state index >= 15 is 0 Å². The molecule has 1 aromatic rings. The van der Waals surface area contributed by atoms with Gasteiger partial charge in [0, 0.05) is 17.6 Å². The topological polar surface area (TPSA) is 24.9 Å². The second-order valence-electron chi connectivity index (χ2n) is 4.88. The fourth-order valence-electron chi connectivity index (χ4n) is 2.09. The molecule has 0 saturated heterocycles. The van der Waals surface area contributed by atoms with Gasteiger partial charge in [0.05, 0.1) is 5.54 Å². The van der Waals surface area contributed by atoms with E-state index in [0.29, 0.717) is 6.04 Å². The van der Waals surface area contributed by atoms with Gasteiger partial charge in [-0.15, -0.1) is 11.3 Å². The highest BCUT2D eigenvalue weighted by Crippen LogP contribution is 2.24. The summed E-state index contributed by atoms with van der Waals surface area (Å²) in [5.74, 6) is 0. The van der Waals surface area contributed by atoms with Gasteiger partial charge < -0.3 is 5.32 Å². The van der Waals surface area contributed by atoms with Gasteiger partial charge in [-0.1, -0.05) is 26.7 Å². The molecule has 1 heterocycles. The van der Waals surface area contributed by atoms with Crippen LogP contribution in [0.4, 0.5) is 0 Å². The first-order chi connectivity index (χ1) is 7.60. The molecule has 0 amide bonds. The summed E-state index contributed by atoms with van der Waals surface area (Å²) < 4.78 is 0. The van der Waals surface area contributed by atoms with E-state index in [-0.39, 0.29) is 5.54 Å². The van der Waals surface area contributed by atoms with E-state index < -0.39 is 0 Å². The summed E-state index contributed by atoms with van der Waals surface area (Å²) in [6.07, 6.45) is 6.88. The fourth-order valence-corrected chi connectivity index (χ4v) is 2.82. The zero-order chi connectivity index (χ0) is 12.0. The van der Waals surface area contributed by atoms with Gasteiger partial charge in [-0.25, -0.2) is 4.98 Å². The van der Waals surface area contributed by atoms with Crippen LogP contribution in [-0.2, 0) is 5.54 Å². The summed E-state index contributed by atoms with van der Waals surface area (Å²) in [5.41, 5.74) is 0.00315. The number of hydrogen-bond donors (Lipinski definition) is 1. The van der Waals surface area contributed by atoms with Crippen molar-refractivity contribution in [3.8, 4) is 0 Å². The summed E-state index contributed by atoms with van der Waals surface area (Å²) in [4.78, 5) is 4.42. The molecule has 0 aliphatic heterocycles. The van der Waals surface area contributed by atoms with E-state index in [1.54, 1.807) is 11.3 Å². The maximum Gasteiger partial charge on any atom is 0.112 e. The Morgan fingerprint density at radius 2 is 1.94 bits per heavy atom. The molecule has 1 rings (SSSR count). The third kappa shape index (κ3) is 3.87. The fraction of sp³-hybridized carbons (Fsp3) is 0.769. The lowest BCUT2D eigenvalue weighted by molar-refractivity contribution is 0.312. The molecule has 0 saturated carbocycles. The molecule has 0 aliphatic rings. The van der Waals surface area contributed by atoms with Crippen molar-refractivity contribution in [3.05, 3.63) is 16.6 Å². The van der Waals surface area contributed by atoms with E-state index in [2.05, 4.69) is 38.0 Å². The summed E-state index contributed by atoms with van der Waals surface area (Å²) in [5, 5.41) is 6.98. The third-order valence-electron chi connectivity index (χ3n) is 2.81. The van der Waals surface area contributed by atoms with Crippen LogP contribution in [0.5, 0.6) is 0 Å². The lowest BCUT2D eigenvalue weighted by atomic mass is 10.00. The molecule has 0 aromatic carbocycles. The van der Waals surface area contributed by atoms with Gasteiger partial charge in [-0.3, -0.25) is 0 Å². The van der Waals surface area contributed by atoms with Gasteiger partial charge >= 0.3 is 0 Å². The molecule has 1 aromatic heterocycles. The van der Waals surface area contributed by atoms with Crippen molar-refractivity contribution in [3.63, 3.8) is 0 Å². The highest BCUT2D eigenvalue weighted by molar-refractivity contribution is 7.09. The first-order valence-electron chi connectivity index (χ1n) is 6.27. The highest BCUT2D eigenvalue weighted by atomic mass is 32.1. The van der Waals surface area contributed by atoms with E-state index in [1.165, 1.54) is 30.7 Å². The van der Waals surface area contributed by atoms with Crippen LogP contribution in [0.15, 0.2) is 11.6 Å². The van der Waals surface area contributed by atoms with E-state index in [9.17, 15) is 0 Å². The number of aromatic nitrogens is 1. The Hall–Kier alpha value is -0.410. The quantitative estimate of drug-likeness (QED) is 0.781. The van der Waals surface area contributed by atoms with Crippen molar-refractivity contribution < 1.29 is 0 Å². The lowest BCUT2D eigenvalue weighted by Gasteiger charge is -2.30. The third-order valence-corrected chi connectivity index (χ3v) is 3.90. The first kappa shape index (κ1) is 13.7. The smallest absolute Gasteiger partial charge is 0.112 e. The summed E-state index contributed by atoms with van der Waals surface area (Å²) in [6, 6.07) is 0.619. The van der Waals surface area contributed by atoms with Crippen LogP contribution in [0.1, 0.15) is 58.4 Å². The zero-order valence-corrected chi connectivity index (χ0v) is 11.7. The van der Waals surface area contributed by atoms with E-state index in [1.807, 2.05) is 11.6 Å². The molecule has 0 unspecified atom stereocenters. The van der Waals surface area contributed by atoms with Crippen molar-refractivity contribution in [1.82, 2.24) is 10.3 Å². The number of nitrogens with zero attached hydrogens (tertiary/aromatic N) is 1. The summed E-state index contributed by atoms with van der Waals surface area (Å²) in [6.45, 7) is 8.95. The highest BCUT2D eigenvalue weighted by Gasteiger charge is 2.25. The summed E-state index contributed by atoms with van der Waals surface area (Å²) >= 11 is 1.73. The Kier molecular flexibility index (Phi) is 5.42. The van der Waals surface area contributed by atoms with Crippen LogP contribution in [0.3, 0.4) is 0 Å². The second kappa shape index (κ2) is 6.36. The minimum atomic E-state index is 0.00315. The first-order valence-corrected chi connectivity index (χ1v) is 7.15. The molecule has 0 spiro atoms. The summed E-state index contributed by atoms with van der Waals surface area (Å²) in [7, 11) is 0. The number of hydrogen-bond acceptors (Lipinski definition) is 3. The average molecular weight is 240 g/mol. The minimum absolute atomic E-state index is 0.00315. The molecular weight excluding hydrogens is 216 g/mol. The van der Waals surface area contributed by atoms with Crippen LogP contribution >= 0.6 is 11.3 Å². The molecule has 92 valence electrons. The standard InChI is InChI=1S/C13H24N2S/c1-5-7-11(8-6-2)15-13(3,4)12-14-9-10-16-12/h9-11,15H,5-8H2,1-4H3. The Bertz CT molecular complexity index is 274. The number of nitrogens with one attached hydrogen (secondary N) is 1. The Morgan fingerprint density at radius 1 is 1.31 bits per heavy atom. The van der Waals surface area contributed by atoms with Gasteiger partial charge in [0.1, 0.15) is 5.01 Å². The van der Waals surface area contributed by atoms with Gasteiger partial charge in [-0.2, -0.15) is 0 Å². The molecule has 0 radical (unpaired) electrons. The van der Waals surface area contributed by atoms with E-state index in [0.717, 1.165) is 0 Å². The molecule has 0 fully saturated rings. The van der Waals surface area contributed by atoms with Crippen molar-refractivity contribution in [1.29, 1.82) is 0 Å². The minimum Gasteiger partial charge on any atom is -0.303 e. The predicted octanol–water partition coefficient (Wildman–Crippen LogP) is 3.94. The molecule has 1 N–H and O–H groups in total.